The SMILES string of the molecule is Nc1nc2c(c(=O)[nH]1)N[C@H]1C(=O)[C@@H](O)[C@@H](CO)O[C@H]1N2. The molecule has 10 heteroatoms. The molecule has 3 rings (SSSR count). The smallest absolute Gasteiger partial charge is 0.277 e. The minimum atomic E-state index is -1.46. The summed E-state index contributed by atoms with van der Waals surface area (Å²) in [6.07, 6.45) is -3.35. The number of aliphatic hydroxyl groups excluding tert-OH is 2. The standard InChI is InChI=1S/C10H13N5O5/c11-10-14-7-4(8(19)15-10)12-3-6(18)5(17)2(1-16)20-9(3)13-7/h2-3,5,9,12,16-17H,1H2,(H4,11,13,14,15,19)/t2-,3+,5+,9-/m1/s1. The number of H-pyrrole nitrogens is 1. The van der Waals surface area contributed by atoms with Crippen molar-refractivity contribution in [2.75, 3.05) is 23.0 Å². The van der Waals surface area contributed by atoms with Gasteiger partial charge in [-0.1, -0.05) is 0 Å². The normalized spacial score (nSPS) is 31.8. The van der Waals surface area contributed by atoms with Crippen LogP contribution in [0.2, 0.25) is 0 Å². The fourth-order valence-electron chi connectivity index (χ4n) is 2.28. The molecule has 1 saturated heterocycles. The highest BCUT2D eigenvalue weighted by atomic mass is 16.5. The predicted octanol–water partition coefficient (Wildman–Crippen LogP) is -2.79. The molecule has 1 aromatic rings. The third-order valence-corrected chi connectivity index (χ3v) is 3.27. The zero-order valence-electron chi connectivity index (χ0n) is 10.2. The molecule has 10 nitrogen and oxygen atoms in total. The van der Waals surface area contributed by atoms with E-state index in [1.807, 2.05) is 0 Å². The summed E-state index contributed by atoms with van der Waals surface area (Å²) in [7, 11) is 0. The lowest BCUT2D eigenvalue weighted by Gasteiger charge is -2.41. The number of Topliss-reactive ketones (excluding diaryl/α,β-unsaturated/α-hetero) is 1. The molecule has 7 N–H and O–H groups in total. The van der Waals surface area contributed by atoms with Crippen LogP contribution in [0.4, 0.5) is 17.5 Å². The first-order valence-electron chi connectivity index (χ1n) is 5.92. The van der Waals surface area contributed by atoms with Crippen LogP contribution in [-0.4, -0.2) is 57.0 Å². The number of aliphatic hydroxyl groups is 2. The summed E-state index contributed by atoms with van der Waals surface area (Å²) in [6.45, 7) is -0.504. The van der Waals surface area contributed by atoms with Crippen LogP contribution in [0.1, 0.15) is 0 Å². The summed E-state index contributed by atoms with van der Waals surface area (Å²) in [6, 6.07) is -0.952. The number of nitrogens with zero attached hydrogens (tertiary/aromatic N) is 1. The van der Waals surface area contributed by atoms with Gasteiger partial charge >= 0.3 is 0 Å². The minimum absolute atomic E-state index is 0.0482. The molecule has 0 aromatic carbocycles. The van der Waals surface area contributed by atoms with Gasteiger partial charge in [0.15, 0.2) is 17.8 Å². The molecule has 3 heterocycles. The first kappa shape index (κ1) is 12.8. The second kappa shape index (κ2) is 4.44. The molecule has 2 aliphatic heterocycles. The molecule has 0 saturated carbocycles. The largest absolute Gasteiger partial charge is 0.394 e. The number of rotatable bonds is 1. The highest BCUT2D eigenvalue weighted by Crippen LogP contribution is 2.29. The average molecular weight is 283 g/mol. The van der Waals surface area contributed by atoms with E-state index in [2.05, 4.69) is 20.6 Å². The van der Waals surface area contributed by atoms with Gasteiger partial charge in [0.05, 0.1) is 6.61 Å². The van der Waals surface area contributed by atoms with Gasteiger partial charge in [0.1, 0.15) is 23.9 Å². The summed E-state index contributed by atoms with van der Waals surface area (Å²) < 4.78 is 5.37. The van der Waals surface area contributed by atoms with Crippen LogP contribution >= 0.6 is 0 Å². The number of carbonyl (C=O) groups excluding carboxylic acids is 1. The van der Waals surface area contributed by atoms with Crippen molar-refractivity contribution in [2.45, 2.75) is 24.5 Å². The highest BCUT2D eigenvalue weighted by molar-refractivity contribution is 5.94. The summed E-state index contributed by atoms with van der Waals surface area (Å²) >= 11 is 0. The summed E-state index contributed by atoms with van der Waals surface area (Å²) in [5.74, 6) is -0.509. The van der Waals surface area contributed by atoms with E-state index in [0.29, 0.717) is 0 Å². The van der Waals surface area contributed by atoms with Crippen molar-refractivity contribution in [1.82, 2.24) is 9.97 Å². The highest BCUT2D eigenvalue weighted by Gasteiger charge is 2.46. The van der Waals surface area contributed by atoms with Crippen molar-refractivity contribution in [3.8, 4) is 0 Å². The Labute approximate surface area is 112 Å². The molecule has 1 aromatic heterocycles. The Balaban J connectivity index is 1.98. The molecule has 2 aliphatic rings. The molecular formula is C10H13N5O5. The van der Waals surface area contributed by atoms with Gasteiger partial charge in [-0.15, -0.1) is 0 Å². The number of aromatic amines is 1. The molecule has 20 heavy (non-hydrogen) atoms. The van der Waals surface area contributed by atoms with Crippen molar-refractivity contribution in [3.05, 3.63) is 10.4 Å². The van der Waals surface area contributed by atoms with Crippen molar-refractivity contribution in [1.29, 1.82) is 0 Å². The number of aromatic nitrogens is 2. The van der Waals surface area contributed by atoms with Crippen LogP contribution in [0.15, 0.2) is 4.79 Å². The Morgan fingerprint density at radius 2 is 2.10 bits per heavy atom. The fraction of sp³-hybridized carbons (Fsp3) is 0.500. The molecule has 0 unspecified atom stereocenters. The molecule has 108 valence electrons. The van der Waals surface area contributed by atoms with E-state index < -0.39 is 42.4 Å². The van der Waals surface area contributed by atoms with E-state index >= 15 is 0 Å². The van der Waals surface area contributed by atoms with Crippen molar-refractivity contribution < 1.29 is 19.7 Å². The van der Waals surface area contributed by atoms with E-state index in [9.17, 15) is 14.7 Å². The number of nitrogen functional groups attached to an aromatic ring is 1. The Morgan fingerprint density at radius 3 is 2.80 bits per heavy atom. The average Bonchev–Trinajstić information content (AvgIpc) is 2.41. The van der Waals surface area contributed by atoms with Gasteiger partial charge in [-0.05, 0) is 0 Å². The van der Waals surface area contributed by atoms with Gasteiger partial charge in [-0.3, -0.25) is 14.6 Å². The zero-order valence-corrected chi connectivity index (χ0v) is 10.2. The number of hydrogen-bond acceptors (Lipinski definition) is 9. The van der Waals surface area contributed by atoms with Gasteiger partial charge in [0.25, 0.3) is 5.56 Å². The Morgan fingerprint density at radius 1 is 1.35 bits per heavy atom. The van der Waals surface area contributed by atoms with Gasteiger partial charge in [-0.25, -0.2) is 0 Å². The first-order chi connectivity index (χ1) is 9.51. The van der Waals surface area contributed by atoms with E-state index in [-0.39, 0.29) is 17.5 Å². The number of nitrogens with two attached hydrogens (primary N) is 1. The van der Waals surface area contributed by atoms with Crippen LogP contribution in [0.25, 0.3) is 0 Å². The van der Waals surface area contributed by atoms with Gasteiger partial charge in [-0.2, -0.15) is 4.98 Å². The van der Waals surface area contributed by atoms with Crippen LogP contribution in [0.5, 0.6) is 0 Å². The monoisotopic (exact) mass is 283 g/mol. The fourth-order valence-corrected chi connectivity index (χ4v) is 2.28. The predicted molar refractivity (Wildman–Crippen MR) is 67.1 cm³/mol. The summed E-state index contributed by atoms with van der Waals surface area (Å²) in [5.41, 5.74) is 4.94. The Hall–Kier alpha value is -2.17. The minimum Gasteiger partial charge on any atom is -0.394 e. The second-order valence-corrected chi connectivity index (χ2v) is 4.57. The number of nitrogens with one attached hydrogen (secondary N) is 3. The van der Waals surface area contributed by atoms with Gasteiger partial charge in [0.2, 0.25) is 5.95 Å². The first-order valence-corrected chi connectivity index (χ1v) is 5.92. The van der Waals surface area contributed by atoms with Crippen molar-refractivity contribution >= 4 is 23.2 Å². The molecule has 0 radical (unpaired) electrons. The molecule has 0 bridgehead atoms. The summed E-state index contributed by atoms with van der Waals surface area (Å²) in [4.78, 5) is 29.9. The summed E-state index contributed by atoms with van der Waals surface area (Å²) in [5, 5.41) is 24.2. The molecule has 0 amide bonds. The zero-order chi connectivity index (χ0) is 14.4. The third kappa shape index (κ3) is 1.81. The number of hydrogen-bond donors (Lipinski definition) is 6. The maximum Gasteiger partial charge on any atom is 0.277 e. The maximum atomic E-state index is 12.0. The van der Waals surface area contributed by atoms with Gasteiger partial charge in [0, 0.05) is 0 Å². The van der Waals surface area contributed by atoms with Crippen LogP contribution in [0, 0.1) is 0 Å². The number of anilines is 3. The van der Waals surface area contributed by atoms with E-state index in [4.69, 9.17) is 15.6 Å². The van der Waals surface area contributed by atoms with Crippen LogP contribution in [0.3, 0.4) is 0 Å². The molecular weight excluding hydrogens is 270 g/mol. The van der Waals surface area contributed by atoms with Crippen molar-refractivity contribution in [2.24, 2.45) is 0 Å². The van der Waals surface area contributed by atoms with Gasteiger partial charge < -0.3 is 31.3 Å². The van der Waals surface area contributed by atoms with E-state index in [1.165, 1.54) is 0 Å². The Kier molecular flexibility index (Phi) is 2.85. The topological polar surface area (TPSA) is 163 Å². The lowest BCUT2D eigenvalue weighted by Crippen LogP contribution is -2.63. The number of ketones is 1. The van der Waals surface area contributed by atoms with Crippen molar-refractivity contribution in [3.63, 3.8) is 0 Å². The van der Waals surface area contributed by atoms with Crippen LogP contribution < -0.4 is 21.9 Å². The molecule has 1 fully saturated rings. The second-order valence-electron chi connectivity index (χ2n) is 4.57. The number of ether oxygens (including phenoxy) is 1. The molecule has 0 aliphatic carbocycles. The third-order valence-electron chi connectivity index (χ3n) is 3.27. The maximum absolute atomic E-state index is 12.0. The van der Waals surface area contributed by atoms with Crippen LogP contribution in [-0.2, 0) is 9.53 Å². The lowest BCUT2D eigenvalue weighted by atomic mass is 9.96. The van der Waals surface area contributed by atoms with E-state index in [0.717, 1.165) is 0 Å². The Bertz CT molecular complexity index is 617. The number of fused-ring (bicyclic) bond motifs is 2. The number of carbonyl (C=O) groups is 1. The molecule has 0 spiro atoms. The van der Waals surface area contributed by atoms with E-state index in [1.54, 1.807) is 0 Å². The molecule has 4 atom stereocenters. The quantitative estimate of drug-likeness (QED) is 0.319. The lowest BCUT2D eigenvalue weighted by molar-refractivity contribution is -0.162.